The van der Waals surface area contributed by atoms with Crippen molar-refractivity contribution < 1.29 is 33.0 Å². The molecule has 182 valence electrons. The van der Waals surface area contributed by atoms with Crippen molar-refractivity contribution in [2.45, 2.75) is 13.5 Å². The molecule has 2 amide bonds. The predicted molar refractivity (Wildman–Crippen MR) is 125 cm³/mol. The van der Waals surface area contributed by atoms with Crippen molar-refractivity contribution >= 4 is 23.3 Å². The molecule has 10 heteroatoms. The fraction of sp³-hybridized carbons (Fsp3) is 0.280. The highest BCUT2D eigenvalue weighted by atomic mass is 16.5. The number of hydrogen-bond donors (Lipinski definition) is 0. The molecule has 0 bridgehead atoms. The van der Waals surface area contributed by atoms with Gasteiger partial charge < -0.3 is 23.5 Å². The van der Waals surface area contributed by atoms with Gasteiger partial charge in [-0.05, 0) is 37.3 Å². The molecule has 1 aliphatic heterocycles. The van der Waals surface area contributed by atoms with Gasteiger partial charge in [0.15, 0.2) is 24.7 Å². The van der Waals surface area contributed by atoms with E-state index in [1.165, 1.54) is 16.1 Å². The molecule has 0 radical (unpaired) electrons. The highest BCUT2D eigenvalue weighted by molar-refractivity contribution is 6.02. The van der Waals surface area contributed by atoms with Gasteiger partial charge >= 0.3 is 0 Å². The van der Waals surface area contributed by atoms with Gasteiger partial charge in [-0.1, -0.05) is 6.07 Å². The van der Waals surface area contributed by atoms with Crippen LogP contribution in [0.1, 0.15) is 33.7 Å². The molecule has 0 atom stereocenters. The van der Waals surface area contributed by atoms with Crippen LogP contribution in [0, 0.1) is 0 Å². The molecule has 4 rings (SSSR count). The Bertz CT molecular complexity index is 1250. The Labute approximate surface area is 202 Å². The number of methoxy groups -OCH3 is 1. The van der Waals surface area contributed by atoms with E-state index >= 15 is 0 Å². The third-order valence-electron chi connectivity index (χ3n) is 5.52. The molecule has 0 aliphatic carbocycles. The number of Topliss-reactive ketones (excluding diaryl/α,β-unsaturated/α-hetero) is 1. The average Bonchev–Trinajstić information content (AvgIpc) is 3.36. The van der Waals surface area contributed by atoms with Crippen LogP contribution in [0.15, 0.2) is 53.1 Å². The van der Waals surface area contributed by atoms with E-state index in [0.29, 0.717) is 35.0 Å². The summed E-state index contributed by atoms with van der Waals surface area (Å²) in [5.74, 6) is 0.874. The van der Waals surface area contributed by atoms with Crippen molar-refractivity contribution in [1.29, 1.82) is 0 Å². The Morgan fingerprint density at radius 3 is 2.74 bits per heavy atom. The maximum atomic E-state index is 12.8. The summed E-state index contributed by atoms with van der Waals surface area (Å²) >= 11 is 0. The smallest absolute Gasteiger partial charge is 0.275 e. The third-order valence-corrected chi connectivity index (χ3v) is 5.52. The van der Waals surface area contributed by atoms with Gasteiger partial charge in [0.25, 0.3) is 11.8 Å². The second kappa shape index (κ2) is 10.3. The summed E-state index contributed by atoms with van der Waals surface area (Å²) < 4.78 is 21.7. The molecule has 0 saturated heterocycles. The van der Waals surface area contributed by atoms with Crippen LogP contribution in [0.25, 0.3) is 0 Å². The number of carbonyl (C=O) groups is 3. The second-order valence-electron chi connectivity index (χ2n) is 7.79. The van der Waals surface area contributed by atoms with Crippen molar-refractivity contribution in [3.8, 4) is 17.2 Å². The average molecular weight is 479 g/mol. The summed E-state index contributed by atoms with van der Waals surface area (Å²) in [5.41, 5.74) is 0.914. The van der Waals surface area contributed by atoms with Crippen LogP contribution >= 0.6 is 0 Å². The Hall–Kier alpha value is -4.34. The molecule has 0 fully saturated rings. The first-order chi connectivity index (χ1) is 16.9. The number of anilines is 1. The molecule has 1 aliphatic rings. The van der Waals surface area contributed by atoms with Crippen molar-refractivity contribution in [2.24, 2.45) is 0 Å². The lowest BCUT2D eigenvalue weighted by atomic mass is 10.1. The maximum Gasteiger partial charge on any atom is 0.275 e. The molecule has 3 aromatic rings. The summed E-state index contributed by atoms with van der Waals surface area (Å²) in [4.78, 5) is 44.9. The molecule has 2 heterocycles. The van der Waals surface area contributed by atoms with Crippen LogP contribution in [0.3, 0.4) is 0 Å². The first kappa shape index (κ1) is 23.8. The molecule has 0 unspecified atom stereocenters. The molecule has 0 saturated carbocycles. The zero-order valence-corrected chi connectivity index (χ0v) is 19.6. The van der Waals surface area contributed by atoms with Crippen LogP contribution in [-0.2, 0) is 11.3 Å². The van der Waals surface area contributed by atoms with Gasteiger partial charge in [-0.25, -0.2) is 4.98 Å². The van der Waals surface area contributed by atoms with Crippen molar-refractivity contribution in [3.05, 3.63) is 65.9 Å². The van der Waals surface area contributed by atoms with E-state index in [2.05, 4.69) is 4.98 Å². The van der Waals surface area contributed by atoms with E-state index < -0.39 is 0 Å². The van der Waals surface area contributed by atoms with Crippen LogP contribution < -0.4 is 19.1 Å². The fourth-order valence-corrected chi connectivity index (χ4v) is 3.43. The number of benzene rings is 2. The molecular formula is C25H25N3O7. The lowest BCUT2D eigenvalue weighted by Gasteiger charge is -2.28. The number of fused-ring (bicyclic) bond motifs is 1. The minimum Gasteiger partial charge on any atom is -0.497 e. The van der Waals surface area contributed by atoms with Gasteiger partial charge in [-0.2, -0.15) is 0 Å². The highest BCUT2D eigenvalue weighted by Gasteiger charge is 2.28. The van der Waals surface area contributed by atoms with Crippen LogP contribution in [0.5, 0.6) is 17.2 Å². The van der Waals surface area contributed by atoms with E-state index in [1.807, 2.05) is 6.92 Å². The molecular weight excluding hydrogens is 454 g/mol. The second-order valence-corrected chi connectivity index (χ2v) is 7.79. The summed E-state index contributed by atoms with van der Waals surface area (Å²) in [7, 11) is 3.21. The summed E-state index contributed by atoms with van der Waals surface area (Å²) in [5, 5.41) is 0. The Morgan fingerprint density at radius 2 is 1.97 bits per heavy atom. The maximum absolute atomic E-state index is 12.8. The third kappa shape index (κ3) is 5.26. The minimum atomic E-state index is -0.327. The van der Waals surface area contributed by atoms with E-state index in [9.17, 15) is 14.4 Å². The zero-order valence-electron chi connectivity index (χ0n) is 19.6. The van der Waals surface area contributed by atoms with E-state index in [-0.39, 0.29) is 48.9 Å². The summed E-state index contributed by atoms with van der Waals surface area (Å²) in [6.07, 6.45) is 1.27. The number of amides is 2. The van der Waals surface area contributed by atoms with Gasteiger partial charge in [-0.3, -0.25) is 19.3 Å². The van der Waals surface area contributed by atoms with Crippen LogP contribution in [0.2, 0.25) is 0 Å². The summed E-state index contributed by atoms with van der Waals surface area (Å²) in [6.45, 7) is 2.00. The molecule has 10 nitrogen and oxygen atoms in total. The molecule has 0 N–H and O–H groups in total. The van der Waals surface area contributed by atoms with Gasteiger partial charge in [0, 0.05) is 25.2 Å². The van der Waals surface area contributed by atoms with Gasteiger partial charge in [0.2, 0.25) is 5.89 Å². The van der Waals surface area contributed by atoms with E-state index in [4.69, 9.17) is 18.6 Å². The number of hydrogen-bond acceptors (Lipinski definition) is 8. The number of carbonyl (C=O) groups excluding carboxylic acids is 3. The number of rotatable bonds is 9. The SMILES string of the molecule is CCN(C)C(=O)c1coc(CN2C(=O)COc3ccc(C(=O)COc4cccc(OC)c4)cc32)n1. The van der Waals surface area contributed by atoms with E-state index in [1.54, 1.807) is 56.6 Å². The van der Waals surface area contributed by atoms with Crippen LogP contribution in [-0.4, -0.2) is 61.4 Å². The van der Waals surface area contributed by atoms with Gasteiger partial charge in [0.05, 0.1) is 12.8 Å². The van der Waals surface area contributed by atoms with E-state index in [0.717, 1.165) is 0 Å². The highest BCUT2D eigenvalue weighted by Crippen LogP contribution is 2.34. The zero-order chi connectivity index (χ0) is 24.9. The lowest BCUT2D eigenvalue weighted by molar-refractivity contribution is -0.121. The Kier molecular flexibility index (Phi) is 7.00. The minimum absolute atomic E-state index is 0.0176. The standard InChI is InChI=1S/C25H25N3O7/c1-4-27(2)25(31)19-13-35-23(26-19)12-28-20-10-16(8-9-22(20)34-15-24(28)30)21(29)14-33-18-7-5-6-17(11-18)32-3/h5-11,13H,4,12,14-15H2,1-3H3. The quantitative estimate of drug-likeness (QED) is 0.431. The molecule has 0 spiro atoms. The van der Waals surface area contributed by atoms with Crippen molar-refractivity contribution in [3.63, 3.8) is 0 Å². The number of ether oxygens (including phenoxy) is 3. The Morgan fingerprint density at radius 1 is 1.17 bits per heavy atom. The fourth-order valence-electron chi connectivity index (χ4n) is 3.43. The topological polar surface area (TPSA) is 111 Å². The van der Waals surface area contributed by atoms with Gasteiger partial charge in [-0.15, -0.1) is 0 Å². The Balaban J connectivity index is 1.51. The van der Waals surface area contributed by atoms with Crippen molar-refractivity contribution in [1.82, 2.24) is 9.88 Å². The number of oxazole rings is 1. The monoisotopic (exact) mass is 479 g/mol. The number of ketones is 1. The first-order valence-electron chi connectivity index (χ1n) is 11.0. The molecule has 35 heavy (non-hydrogen) atoms. The number of aromatic nitrogens is 1. The largest absolute Gasteiger partial charge is 0.497 e. The number of nitrogens with zero attached hydrogens (tertiary/aromatic N) is 3. The molecule has 2 aromatic carbocycles. The predicted octanol–water partition coefficient (Wildman–Crippen LogP) is 2.96. The van der Waals surface area contributed by atoms with Crippen LogP contribution in [0.4, 0.5) is 5.69 Å². The van der Waals surface area contributed by atoms with Crippen molar-refractivity contribution in [2.75, 3.05) is 38.8 Å². The summed E-state index contributed by atoms with van der Waals surface area (Å²) in [6, 6.07) is 11.8. The lowest BCUT2D eigenvalue weighted by Crippen LogP contribution is -2.38. The molecule has 1 aromatic heterocycles. The first-order valence-corrected chi connectivity index (χ1v) is 11.0. The van der Waals surface area contributed by atoms with Gasteiger partial charge in [0.1, 0.15) is 30.1 Å². The normalized spacial score (nSPS) is 12.5.